The van der Waals surface area contributed by atoms with E-state index in [0.717, 1.165) is 24.5 Å². The van der Waals surface area contributed by atoms with E-state index >= 15 is 0 Å². The van der Waals surface area contributed by atoms with Crippen LogP contribution in [0.1, 0.15) is 11.1 Å². The summed E-state index contributed by atoms with van der Waals surface area (Å²) in [6.45, 7) is 3.05. The molecule has 1 aromatic heterocycles. The maximum absolute atomic E-state index is 11.0. The summed E-state index contributed by atoms with van der Waals surface area (Å²) in [7, 11) is 0. The molecule has 6 heteroatoms. The van der Waals surface area contributed by atoms with Crippen LogP contribution in [0.2, 0.25) is 0 Å². The molecule has 6 nitrogen and oxygen atoms in total. The third-order valence-electron chi connectivity index (χ3n) is 3.99. The highest BCUT2D eigenvalue weighted by atomic mass is 16.5. The number of rotatable bonds is 5. The number of nitrogens with zero attached hydrogens (tertiary/aromatic N) is 2. The molecule has 3 rings (SSSR count). The summed E-state index contributed by atoms with van der Waals surface area (Å²) in [6, 6.07) is 14.0. The van der Waals surface area contributed by atoms with Crippen LogP contribution in [0.5, 0.6) is 0 Å². The normalized spacial score (nSPS) is 17.3. The lowest BCUT2D eigenvalue weighted by molar-refractivity contribution is -0.110. The minimum atomic E-state index is -1.13. The molecule has 0 spiro atoms. The number of ether oxygens (including phenoxy) is 1. The number of hydrogen-bond donors (Lipinski definition) is 2. The van der Waals surface area contributed by atoms with E-state index in [2.05, 4.69) is 21.3 Å². The second-order valence-corrected chi connectivity index (χ2v) is 5.37. The van der Waals surface area contributed by atoms with Gasteiger partial charge in [-0.05, 0) is 29.8 Å². The van der Waals surface area contributed by atoms with Gasteiger partial charge in [0.15, 0.2) is 0 Å². The molecule has 3 N–H and O–H groups in total. The number of nitrogens with one attached hydrogen (secondary N) is 1. The lowest BCUT2D eigenvalue weighted by Gasteiger charge is -2.31. The van der Waals surface area contributed by atoms with E-state index in [1.807, 2.05) is 24.3 Å². The van der Waals surface area contributed by atoms with Gasteiger partial charge in [0.1, 0.15) is 11.5 Å². The molecule has 0 aliphatic carbocycles. The van der Waals surface area contributed by atoms with Gasteiger partial charge in [0.25, 0.3) is 0 Å². The van der Waals surface area contributed by atoms with E-state index in [1.165, 1.54) is 0 Å². The molecular formula is C17H19N4O2. The Balaban J connectivity index is 1.90. The van der Waals surface area contributed by atoms with Crippen molar-refractivity contribution in [2.24, 2.45) is 5.73 Å². The lowest BCUT2D eigenvalue weighted by atomic mass is 9.93. The van der Waals surface area contributed by atoms with Crippen molar-refractivity contribution >= 4 is 12.2 Å². The van der Waals surface area contributed by atoms with Crippen molar-refractivity contribution in [3.05, 3.63) is 59.8 Å². The Hall–Kier alpha value is -2.44. The maximum atomic E-state index is 11.0. The number of aromatic nitrogens is 1. The number of carbonyl (C=O) groups is 1. The monoisotopic (exact) mass is 311 g/mol. The molecule has 1 amide bonds. The van der Waals surface area contributed by atoms with Gasteiger partial charge >= 0.3 is 0 Å². The molecular weight excluding hydrogens is 292 g/mol. The summed E-state index contributed by atoms with van der Waals surface area (Å²) in [5.74, 6) is 0.880. The average molecular weight is 311 g/mol. The fourth-order valence-corrected chi connectivity index (χ4v) is 2.66. The highest BCUT2D eigenvalue weighted by Gasteiger charge is 2.29. The van der Waals surface area contributed by atoms with E-state index in [9.17, 15) is 4.79 Å². The third-order valence-corrected chi connectivity index (χ3v) is 3.99. The molecule has 1 aliphatic rings. The van der Waals surface area contributed by atoms with Crippen LogP contribution in [0.3, 0.4) is 0 Å². The summed E-state index contributed by atoms with van der Waals surface area (Å²) < 4.78 is 5.35. The van der Waals surface area contributed by atoms with Gasteiger partial charge in [0, 0.05) is 24.8 Å². The van der Waals surface area contributed by atoms with Gasteiger partial charge in [-0.1, -0.05) is 18.2 Å². The highest BCUT2D eigenvalue weighted by Crippen LogP contribution is 2.25. The molecule has 1 aliphatic heterocycles. The SMILES string of the molecule is NC(NC=O)(c1c[c]ccc1)c1ccc(N2CCOCC2)nc1. The Kier molecular flexibility index (Phi) is 4.55. The smallest absolute Gasteiger partial charge is 0.209 e. The van der Waals surface area contributed by atoms with Gasteiger partial charge in [0.2, 0.25) is 6.41 Å². The minimum absolute atomic E-state index is 0.600. The fourth-order valence-electron chi connectivity index (χ4n) is 2.66. The number of pyridine rings is 1. The number of benzene rings is 1. The number of carbonyl (C=O) groups excluding carboxylic acids is 1. The number of nitrogens with two attached hydrogens (primary N) is 1. The number of anilines is 1. The van der Waals surface area contributed by atoms with E-state index < -0.39 is 5.66 Å². The van der Waals surface area contributed by atoms with E-state index in [-0.39, 0.29) is 0 Å². The standard InChI is InChI=1S/C17H19N4O2/c18-17(20-13-22,14-4-2-1-3-5-14)15-6-7-16(19-12-15)21-8-10-23-11-9-21/h1-2,4-7,12-13H,8-11,18H2,(H,20,22). The molecule has 0 bridgehead atoms. The minimum Gasteiger partial charge on any atom is -0.378 e. The number of morpholine rings is 1. The quantitative estimate of drug-likeness (QED) is 0.625. The van der Waals surface area contributed by atoms with E-state index in [1.54, 1.807) is 18.3 Å². The van der Waals surface area contributed by atoms with E-state index in [4.69, 9.17) is 10.5 Å². The summed E-state index contributed by atoms with van der Waals surface area (Å²) in [5.41, 5.74) is 6.77. The van der Waals surface area contributed by atoms with Gasteiger partial charge in [-0.2, -0.15) is 0 Å². The summed E-state index contributed by atoms with van der Waals surface area (Å²) >= 11 is 0. The van der Waals surface area contributed by atoms with E-state index in [0.29, 0.717) is 25.2 Å². The Morgan fingerprint density at radius 3 is 2.74 bits per heavy atom. The van der Waals surface area contributed by atoms with Crippen LogP contribution in [0.25, 0.3) is 0 Å². The molecule has 1 aromatic carbocycles. The number of amides is 1. The molecule has 2 aromatic rings. The molecule has 23 heavy (non-hydrogen) atoms. The maximum Gasteiger partial charge on any atom is 0.209 e. The van der Waals surface area contributed by atoms with Crippen LogP contribution >= 0.6 is 0 Å². The molecule has 0 saturated carbocycles. The second-order valence-electron chi connectivity index (χ2n) is 5.37. The van der Waals surface area contributed by atoms with Crippen molar-refractivity contribution in [1.82, 2.24) is 10.3 Å². The average Bonchev–Trinajstić information content (AvgIpc) is 2.63. The zero-order valence-corrected chi connectivity index (χ0v) is 12.7. The predicted octanol–water partition coefficient (Wildman–Crippen LogP) is 0.624. The predicted molar refractivity (Wildman–Crippen MR) is 86.7 cm³/mol. The first kappa shape index (κ1) is 15.5. The van der Waals surface area contributed by atoms with Crippen LogP contribution < -0.4 is 16.0 Å². The van der Waals surface area contributed by atoms with Crippen molar-refractivity contribution in [2.45, 2.75) is 5.66 Å². The molecule has 1 atom stereocenters. The first-order valence-corrected chi connectivity index (χ1v) is 7.50. The van der Waals surface area contributed by atoms with Gasteiger partial charge in [0.05, 0.1) is 13.2 Å². The Bertz CT molecular complexity index is 641. The third kappa shape index (κ3) is 3.18. The van der Waals surface area contributed by atoms with Crippen molar-refractivity contribution in [3.8, 4) is 0 Å². The van der Waals surface area contributed by atoms with Gasteiger partial charge in [-0.3, -0.25) is 4.79 Å². The Morgan fingerprint density at radius 1 is 1.30 bits per heavy atom. The van der Waals surface area contributed by atoms with Crippen LogP contribution in [0, 0.1) is 6.07 Å². The number of hydrogen-bond acceptors (Lipinski definition) is 5. The second kappa shape index (κ2) is 6.76. The largest absolute Gasteiger partial charge is 0.378 e. The summed E-state index contributed by atoms with van der Waals surface area (Å²) in [5, 5.41) is 2.69. The van der Waals surface area contributed by atoms with Crippen molar-refractivity contribution < 1.29 is 9.53 Å². The fraction of sp³-hybridized carbons (Fsp3) is 0.294. The van der Waals surface area contributed by atoms with Crippen LogP contribution in [0.15, 0.2) is 42.6 Å². The zero-order chi connectivity index (χ0) is 16.1. The topological polar surface area (TPSA) is 80.5 Å². The van der Waals surface area contributed by atoms with Crippen LogP contribution in [0.4, 0.5) is 5.82 Å². The highest BCUT2D eigenvalue weighted by molar-refractivity contribution is 5.53. The van der Waals surface area contributed by atoms with Gasteiger partial charge in [-0.25, -0.2) is 4.98 Å². The molecule has 119 valence electrons. The Morgan fingerprint density at radius 2 is 2.13 bits per heavy atom. The summed E-state index contributed by atoms with van der Waals surface area (Å²) in [4.78, 5) is 17.7. The molecule has 1 fully saturated rings. The molecule has 2 heterocycles. The Labute approximate surface area is 135 Å². The lowest BCUT2D eigenvalue weighted by Crippen LogP contribution is -2.51. The molecule has 1 saturated heterocycles. The molecule has 1 radical (unpaired) electrons. The molecule has 1 unspecified atom stereocenters. The first-order valence-electron chi connectivity index (χ1n) is 7.50. The van der Waals surface area contributed by atoms with Crippen LogP contribution in [-0.4, -0.2) is 37.7 Å². The first-order chi connectivity index (χ1) is 11.2. The van der Waals surface area contributed by atoms with Gasteiger partial charge in [-0.15, -0.1) is 0 Å². The van der Waals surface area contributed by atoms with Crippen molar-refractivity contribution in [3.63, 3.8) is 0 Å². The summed E-state index contributed by atoms with van der Waals surface area (Å²) in [6.07, 6.45) is 2.30. The van der Waals surface area contributed by atoms with Crippen molar-refractivity contribution in [2.75, 3.05) is 31.2 Å². The van der Waals surface area contributed by atoms with Crippen LogP contribution in [-0.2, 0) is 15.2 Å². The van der Waals surface area contributed by atoms with Crippen molar-refractivity contribution in [1.29, 1.82) is 0 Å². The zero-order valence-electron chi connectivity index (χ0n) is 12.7. The van der Waals surface area contributed by atoms with Gasteiger partial charge < -0.3 is 20.7 Å².